The van der Waals surface area contributed by atoms with Gasteiger partial charge in [-0.25, -0.2) is 20.0 Å². The first kappa shape index (κ1) is 32.5. The fourth-order valence-electron chi connectivity index (χ4n) is 7.80. The highest BCUT2D eigenvalue weighted by molar-refractivity contribution is 6.35. The van der Waals surface area contributed by atoms with E-state index < -0.39 is 0 Å². The van der Waals surface area contributed by atoms with Crippen LogP contribution in [0.3, 0.4) is 0 Å². The van der Waals surface area contributed by atoms with Gasteiger partial charge in [-0.2, -0.15) is 0 Å². The van der Waals surface area contributed by atoms with Crippen molar-refractivity contribution in [3.63, 3.8) is 0 Å². The lowest BCUT2D eigenvalue weighted by atomic mass is 9.98. The number of fused-ring (bicyclic) bond motifs is 7. The first-order valence-corrected chi connectivity index (χ1v) is 18.3. The number of aromatic amines is 1. The van der Waals surface area contributed by atoms with Gasteiger partial charge in [0, 0.05) is 45.1 Å². The zero-order valence-electron chi connectivity index (χ0n) is 30.8. The van der Waals surface area contributed by atoms with Gasteiger partial charge in [-0.05, 0) is 73.1 Å². The van der Waals surface area contributed by atoms with Crippen LogP contribution in [0.15, 0.2) is 154 Å². The van der Waals surface area contributed by atoms with Gasteiger partial charge in [0.1, 0.15) is 16.8 Å². The molecule has 0 fully saturated rings. The number of benzene rings is 4. The van der Waals surface area contributed by atoms with E-state index in [1.165, 1.54) is 11.1 Å². The molecule has 0 saturated heterocycles. The monoisotopic (exact) mass is 713 g/mol. The second kappa shape index (κ2) is 12.8. The van der Waals surface area contributed by atoms with Crippen molar-refractivity contribution >= 4 is 50.8 Å². The third kappa shape index (κ3) is 5.43. The third-order valence-electron chi connectivity index (χ3n) is 10.5. The molecular weight excluding hydrogens is 679 g/mol. The quantitative estimate of drug-likeness (QED) is 0.213. The Hall–Kier alpha value is -7.12. The highest BCUT2D eigenvalue weighted by atomic mass is 16.5. The molecule has 55 heavy (non-hydrogen) atoms. The minimum absolute atomic E-state index is 0.654. The number of nitrogens with zero attached hydrogens (tertiary/aromatic N) is 4. The molecular formula is C48H35N5O2. The molecule has 0 atom stereocenters. The van der Waals surface area contributed by atoms with Crippen molar-refractivity contribution in [2.24, 2.45) is 15.0 Å². The molecule has 6 heterocycles. The van der Waals surface area contributed by atoms with E-state index in [0.717, 1.165) is 88.7 Å². The molecule has 4 aliphatic heterocycles. The van der Waals surface area contributed by atoms with Crippen LogP contribution < -0.4 is 30.9 Å². The van der Waals surface area contributed by atoms with E-state index in [-0.39, 0.29) is 0 Å². The van der Waals surface area contributed by atoms with Crippen LogP contribution in [0.2, 0.25) is 0 Å². The van der Waals surface area contributed by atoms with Crippen LogP contribution in [0.5, 0.6) is 11.5 Å². The van der Waals surface area contributed by atoms with Crippen molar-refractivity contribution in [1.82, 2.24) is 9.97 Å². The lowest BCUT2D eigenvalue weighted by molar-refractivity contribution is 0.397. The number of hydrogen-bond donors (Lipinski definition) is 1. The van der Waals surface area contributed by atoms with Crippen LogP contribution in [-0.2, 0) is 0 Å². The average Bonchev–Trinajstić information content (AvgIpc) is 4.05. The van der Waals surface area contributed by atoms with E-state index in [9.17, 15) is 0 Å². The predicted octanol–water partition coefficient (Wildman–Crippen LogP) is 6.82. The van der Waals surface area contributed by atoms with Crippen LogP contribution >= 0.6 is 0 Å². The number of methoxy groups -OCH3 is 2. The van der Waals surface area contributed by atoms with Crippen molar-refractivity contribution in [3.05, 3.63) is 194 Å². The number of allylic oxidation sites excluding steroid dienone is 5. The summed E-state index contributed by atoms with van der Waals surface area (Å²) in [5.74, 6) is 1.31. The molecule has 8 bridgehead atoms. The molecule has 4 aliphatic rings. The molecule has 264 valence electrons. The number of ether oxygens (including phenoxy) is 2. The van der Waals surface area contributed by atoms with Gasteiger partial charge >= 0.3 is 0 Å². The van der Waals surface area contributed by atoms with Gasteiger partial charge in [-0.15, -0.1) is 0 Å². The standard InChI is InChI=1S/C48H35N5O2/c1-27-10-14-30(15-11-27)44-36-19-18-34(49-36)43(29-8-6-5-7-9-29)35-20-21-38(50-35)45(31-16-12-28(2)13-17-31)41-26-33-46-40(24-32(54-3)25-42(46)55-4)53-48(47(33)52-41)39-23-22-37(44)51-39/h5-26,50H,1-4H3. The van der Waals surface area contributed by atoms with Gasteiger partial charge < -0.3 is 14.5 Å². The van der Waals surface area contributed by atoms with Gasteiger partial charge in [0.2, 0.25) is 0 Å². The number of aliphatic imine (C=N–C) groups is 2. The molecule has 6 aromatic rings. The number of H-pyrrole nitrogens is 1. The number of aromatic nitrogens is 2. The number of nitrogens with one attached hydrogen (secondary N) is 1. The van der Waals surface area contributed by atoms with E-state index in [0.29, 0.717) is 22.5 Å². The predicted molar refractivity (Wildman–Crippen MR) is 221 cm³/mol. The number of pyridine rings is 1. The summed E-state index contributed by atoms with van der Waals surface area (Å²) in [6.45, 7) is 4.20. The Balaban J connectivity index is 1.39. The Bertz CT molecular complexity index is 3080. The van der Waals surface area contributed by atoms with Crippen LogP contribution in [0.1, 0.15) is 33.4 Å². The average molecular weight is 714 g/mol. The molecule has 0 unspecified atom stereocenters. The van der Waals surface area contributed by atoms with Crippen LogP contribution in [0.25, 0.3) is 39.4 Å². The zero-order chi connectivity index (χ0) is 37.2. The minimum atomic E-state index is 0.654. The van der Waals surface area contributed by atoms with Gasteiger partial charge in [0.25, 0.3) is 0 Å². The molecule has 10 rings (SSSR count). The molecule has 2 aromatic heterocycles. The summed E-state index contributed by atoms with van der Waals surface area (Å²) in [6, 6.07) is 35.7. The summed E-state index contributed by atoms with van der Waals surface area (Å²) in [5.41, 5.74) is 14.1. The summed E-state index contributed by atoms with van der Waals surface area (Å²) < 4.78 is 11.7. The molecule has 1 N–H and O–H groups in total. The minimum Gasteiger partial charge on any atom is -0.497 e. The maximum Gasteiger partial charge on any atom is 0.132 e. The summed E-state index contributed by atoms with van der Waals surface area (Å²) in [7, 11) is 3.33. The number of rotatable bonds is 5. The fraction of sp³-hybridized carbons (Fsp3) is 0.0833. The van der Waals surface area contributed by atoms with E-state index >= 15 is 0 Å². The molecule has 0 saturated carbocycles. The SMILES string of the molecule is COc1cc(OC)c2c3c4c(nc2c1)=C1C=CC(=N1)C(c1ccc(C)cc1)=C1C=CC(=N1)C(c1ccccc1)=c1ccc([nH]1)=C(c1ccc(C)cc1)C(=C3)N=4. The van der Waals surface area contributed by atoms with Gasteiger partial charge in [-0.3, -0.25) is 0 Å². The van der Waals surface area contributed by atoms with Gasteiger partial charge in [0.15, 0.2) is 0 Å². The van der Waals surface area contributed by atoms with Crippen molar-refractivity contribution in [2.75, 3.05) is 14.2 Å². The lowest BCUT2D eigenvalue weighted by Crippen LogP contribution is -2.32. The normalized spacial score (nSPS) is 15.4. The smallest absolute Gasteiger partial charge is 0.132 e. The molecule has 7 heteroatoms. The maximum absolute atomic E-state index is 5.99. The summed E-state index contributed by atoms with van der Waals surface area (Å²) >= 11 is 0. The highest BCUT2D eigenvalue weighted by Crippen LogP contribution is 2.36. The van der Waals surface area contributed by atoms with E-state index in [1.807, 2.05) is 24.3 Å². The van der Waals surface area contributed by atoms with E-state index in [4.69, 9.17) is 29.4 Å². The highest BCUT2D eigenvalue weighted by Gasteiger charge is 2.25. The molecule has 0 aliphatic carbocycles. The van der Waals surface area contributed by atoms with Crippen LogP contribution in [0.4, 0.5) is 0 Å². The van der Waals surface area contributed by atoms with Crippen molar-refractivity contribution in [2.45, 2.75) is 13.8 Å². The van der Waals surface area contributed by atoms with Crippen molar-refractivity contribution in [3.8, 4) is 11.5 Å². The Kier molecular flexibility index (Phi) is 7.56. The molecule has 0 spiro atoms. The Morgan fingerprint density at radius 3 is 1.87 bits per heavy atom. The Morgan fingerprint density at radius 1 is 0.564 bits per heavy atom. The largest absolute Gasteiger partial charge is 0.497 e. The fourth-order valence-corrected chi connectivity index (χ4v) is 7.80. The number of aryl methyl sites for hydroxylation is 2. The lowest BCUT2D eigenvalue weighted by Gasteiger charge is -2.11. The first-order chi connectivity index (χ1) is 26.9. The number of hydrogen-bond acceptors (Lipinski definition) is 6. The maximum atomic E-state index is 5.99. The Morgan fingerprint density at radius 2 is 1.18 bits per heavy atom. The van der Waals surface area contributed by atoms with Crippen molar-refractivity contribution < 1.29 is 9.47 Å². The van der Waals surface area contributed by atoms with E-state index in [1.54, 1.807) is 14.2 Å². The summed E-state index contributed by atoms with van der Waals surface area (Å²) in [4.78, 5) is 25.2. The molecule has 0 amide bonds. The van der Waals surface area contributed by atoms with E-state index in [2.05, 4.69) is 128 Å². The van der Waals surface area contributed by atoms with Crippen LogP contribution in [0, 0.1) is 13.8 Å². The third-order valence-corrected chi connectivity index (χ3v) is 10.5. The first-order valence-electron chi connectivity index (χ1n) is 18.3. The second-order valence-corrected chi connectivity index (χ2v) is 14.0. The summed E-state index contributed by atoms with van der Waals surface area (Å²) in [5, 5.41) is 4.16. The molecule has 7 nitrogen and oxygen atoms in total. The second-order valence-electron chi connectivity index (χ2n) is 14.0. The van der Waals surface area contributed by atoms with Crippen molar-refractivity contribution in [1.29, 1.82) is 0 Å². The topological polar surface area (TPSA) is 84.2 Å². The van der Waals surface area contributed by atoms with Crippen LogP contribution in [-0.4, -0.2) is 35.6 Å². The van der Waals surface area contributed by atoms with Gasteiger partial charge in [0.05, 0.1) is 59.0 Å². The Labute approximate surface area is 317 Å². The molecule has 4 aromatic carbocycles. The molecule has 0 radical (unpaired) electrons. The zero-order valence-corrected chi connectivity index (χ0v) is 30.8. The summed E-state index contributed by atoms with van der Waals surface area (Å²) in [6.07, 6.45) is 10.5. The van der Waals surface area contributed by atoms with Gasteiger partial charge in [-0.1, -0.05) is 90.0 Å².